The lowest BCUT2D eigenvalue weighted by Crippen LogP contribution is -2.13. The topological polar surface area (TPSA) is 90.0 Å². The molecule has 0 bridgehead atoms. The average Bonchev–Trinajstić information content (AvgIpc) is 3.06. The number of carbonyl (C=O) groups is 2. The summed E-state index contributed by atoms with van der Waals surface area (Å²) in [5.41, 5.74) is 9.77. The van der Waals surface area contributed by atoms with E-state index < -0.39 is 0 Å². The third-order valence-corrected chi connectivity index (χ3v) is 5.05. The van der Waals surface area contributed by atoms with E-state index in [1.807, 2.05) is 43.3 Å². The number of rotatable bonds is 7. The molecule has 0 atom stereocenters. The molecule has 0 saturated carbocycles. The van der Waals surface area contributed by atoms with Crippen LogP contribution < -0.4 is 11.1 Å². The summed E-state index contributed by atoms with van der Waals surface area (Å²) in [5.74, 6) is -0.0465. The van der Waals surface area contributed by atoms with Gasteiger partial charge in [0.2, 0.25) is 11.8 Å². The van der Waals surface area contributed by atoms with Crippen LogP contribution in [-0.2, 0) is 4.79 Å². The second-order valence-electron chi connectivity index (χ2n) is 6.84. The predicted octanol–water partition coefficient (Wildman–Crippen LogP) is 4.92. The van der Waals surface area contributed by atoms with Crippen molar-refractivity contribution in [2.45, 2.75) is 39.0 Å². The zero-order valence-corrected chi connectivity index (χ0v) is 17.3. The molecular weight excluding hydrogens is 420 g/mol. The number of unbranched alkanes of at least 4 members (excludes halogenated alkanes) is 2. The average molecular weight is 443 g/mol. The molecule has 3 rings (SSSR count). The summed E-state index contributed by atoms with van der Waals surface area (Å²) < 4.78 is 2.53. The van der Waals surface area contributed by atoms with Gasteiger partial charge < -0.3 is 11.1 Å². The van der Waals surface area contributed by atoms with Crippen LogP contribution in [0.4, 0.5) is 11.4 Å². The number of aromatic nitrogens is 2. The first-order chi connectivity index (χ1) is 13.4. The second-order valence-corrected chi connectivity index (χ2v) is 7.76. The van der Waals surface area contributed by atoms with Crippen LogP contribution in [0.5, 0.6) is 0 Å². The van der Waals surface area contributed by atoms with E-state index in [-0.39, 0.29) is 11.8 Å². The van der Waals surface area contributed by atoms with E-state index in [0.29, 0.717) is 24.2 Å². The first-order valence-corrected chi connectivity index (χ1v) is 10.0. The van der Waals surface area contributed by atoms with Crippen molar-refractivity contribution in [1.29, 1.82) is 0 Å². The summed E-state index contributed by atoms with van der Waals surface area (Å²) in [6.07, 6.45) is 4.66. The minimum Gasteiger partial charge on any atom is -0.397 e. The number of benzene rings is 2. The molecule has 146 valence electrons. The number of aryl methyl sites for hydroxylation is 1. The molecule has 0 spiro atoms. The molecule has 0 aliphatic heterocycles. The minimum atomic E-state index is -0.0620. The number of hydrogen-bond acceptors (Lipinski definition) is 4. The Morgan fingerprint density at radius 1 is 1.11 bits per heavy atom. The molecule has 1 aromatic heterocycles. The van der Waals surface area contributed by atoms with Crippen molar-refractivity contribution in [3.63, 3.8) is 0 Å². The Kier molecular flexibility index (Phi) is 6.46. The lowest BCUT2D eigenvalue weighted by atomic mass is 10.1. The number of nitrogens with one attached hydrogen (secondary N) is 1. The Morgan fingerprint density at radius 3 is 2.68 bits per heavy atom. The fraction of sp³-hybridized carbons (Fsp3) is 0.286. The fourth-order valence-electron chi connectivity index (χ4n) is 3.05. The molecule has 0 unspecified atom stereocenters. The third kappa shape index (κ3) is 4.98. The number of carbonyl (C=O) groups excluding carboxylic acids is 2. The van der Waals surface area contributed by atoms with Crippen LogP contribution in [0, 0.1) is 6.92 Å². The van der Waals surface area contributed by atoms with Gasteiger partial charge in [-0.1, -0.05) is 28.4 Å². The first-order valence-electron chi connectivity index (χ1n) is 9.26. The highest BCUT2D eigenvalue weighted by molar-refractivity contribution is 9.10. The van der Waals surface area contributed by atoms with Gasteiger partial charge in [-0.2, -0.15) is 0 Å². The van der Waals surface area contributed by atoms with Crippen LogP contribution in [0.25, 0.3) is 11.0 Å². The van der Waals surface area contributed by atoms with E-state index in [9.17, 15) is 9.59 Å². The maximum atomic E-state index is 12.4. The normalized spacial score (nSPS) is 10.9. The zero-order chi connectivity index (χ0) is 20.1. The summed E-state index contributed by atoms with van der Waals surface area (Å²) >= 11 is 3.40. The summed E-state index contributed by atoms with van der Waals surface area (Å²) in [5, 5.41) is 2.84. The Morgan fingerprint density at radius 2 is 1.89 bits per heavy atom. The van der Waals surface area contributed by atoms with Crippen molar-refractivity contribution in [1.82, 2.24) is 9.55 Å². The standard InChI is InChI=1S/C21H23BrN4O2/c1-14-7-9-17(16(23)11-14)25-20(27)5-3-2-4-6-21(28)26-13-24-18-12-15(22)8-10-19(18)26/h7-13H,2-6,23H2,1H3,(H,25,27). The molecule has 3 N–H and O–H groups in total. The monoisotopic (exact) mass is 442 g/mol. The van der Waals surface area contributed by atoms with Gasteiger partial charge in [0.15, 0.2) is 0 Å². The molecule has 1 amide bonds. The van der Waals surface area contributed by atoms with Crippen LogP contribution in [0.15, 0.2) is 47.2 Å². The summed E-state index contributed by atoms with van der Waals surface area (Å²) in [7, 11) is 0. The molecule has 28 heavy (non-hydrogen) atoms. The van der Waals surface area contributed by atoms with Gasteiger partial charge in [-0.05, 0) is 55.7 Å². The SMILES string of the molecule is Cc1ccc(NC(=O)CCCCCC(=O)n2cnc3cc(Br)ccc32)c(N)c1. The highest BCUT2D eigenvalue weighted by atomic mass is 79.9. The van der Waals surface area contributed by atoms with Crippen molar-refractivity contribution in [2.24, 2.45) is 0 Å². The number of nitrogens with zero attached hydrogens (tertiary/aromatic N) is 2. The van der Waals surface area contributed by atoms with Crippen molar-refractivity contribution in [3.05, 3.63) is 52.8 Å². The Hall–Kier alpha value is -2.67. The third-order valence-electron chi connectivity index (χ3n) is 4.55. The molecule has 0 fully saturated rings. The smallest absolute Gasteiger partial charge is 0.232 e. The molecule has 2 aromatic carbocycles. The van der Waals surface area contributed by atoms with Crippen LogP contribution in [0.2, 0.25) is 0 Å². The lowest BCUT2D eigenvalue weighted by Gasteiger charge is -2.09. The number of nitrogen functional groups attached to an aromatic ring is 1. The van der Waals surface area contributed by atoms with Gasteiger partial charge >= 0.3 is 0 Å². The van der Waals surface area contributed by atoms with E-state index in [0.717, 1.165) is 40.3 Å². The highest BCUT2D eigenvalue weighted by Gasteiger charge is 2.10. The maximum absolute atomic E-state index is 12.4. The molecule has 3 aromatic rings. The first kappa shape index (κ1) is 20.1. The summed E-state index contributed by atoms with van der Waals surface area (Å²) in [6.45, 7) is 1.95. The zero-order valence-electron chi connectivity index (χ0n) is 15.7. The molecule has 0 radical (unpaired) electrons. The maximum Gasteiger partial charge on any atom is 0.232 e. The van der Waals surface area contributed by atoms with Gasteiger partial charge in [0.1, 0.15) is 6.33 Å². The van der Waals surface area contributed by atoms with Crippen LogP contribution >= 0.6 is 15.9 Å². The van der Waals surface area contributed by atoms with Gasteiger partial charge in [0.25, 0.3) is 0 Å². The number of amides is 1. The largest absolute Gasteiger partial charge is 0.397 e. The Bertz CT molecular complexity index is 1010. The second kappa shape index (κ2) is 9.01. The Balaban J connectivity index is 1.41. The number of imidazole rings is 1. The van der Waals surface area contributed by atoms with Gasteiger partial charge in [-0.25, -0.2) is 4.98 Å². The summed E-state index contributed by atoms with van der Waals surface area (Å²) in [6, 6.07) is 11.2. The molecule has 0 aliphatic carbocycles. The molecule has 6 nitrogen and oxygen atoms in total. The number of fused-ring (bicyclic) bond motifs is 1. The van der Waals surface area contributed by atoms with Crippen molar-refractivity contribution >= 4 is 50.2 Å². The predicted molar refractivity (Wildman–Crippen MR) is 115 cm³/mol. The fourth-order valence-corrected chi connectivity index (χ4v) is 3.40. The van der Waals surface area contributed by atoms with E-state index in [1.165, 1.54) is 0 Å². The Labute approximate surface area is 172 Å². The van der Waals surface area contributed by atoms with E-state index >= 15 is 0 Å². The number of hydrogen-bond donors (Lipinski definition) is 2. The lowest BCUT2D eigenvalue weighted by molar-refractivity contribution is -0.116. The molecule has 0 aliphatic rings. The van der Waals surface area contributed by atoms with Crippen LogP contribution in [0.3, 0.4) is 0 Å². The number of anilines is 2. The van der Waals surface area contributed by atoms with Crippen molar-refractivity contribution in [3.8, 4) is 0 Å². The van der Waals surface area contributed by atoms with Gasteiger partial charge in [-0.15, -0.1) is 0 Å². The molecule has 7 heteroatoms. The number of halogens is 1. The van der Waals surface area contributed by atoms with E-state index in [4.69, 9.17) is 5.73 Å². The minimum absolute atomic E-state index is 0.0155. The van der Waals surface area contributed by atoms with Gasteiger partial charge in [0, 0.05) is 17.3 Å². The quantitative estimate of drug-likeness (QED) is 0.401. The molecular formula is C21H23BrN4O2. The van der Waals surface area contributed by atoms with Crippen LogP contribution in [-0.4, -0.2) is 21.4 Å². The highest BCUT2D eigenvalue weighted by Crippen LogP contribution is 2.21. The van der Waals surface area contributed by atoms with E-state index in [1.54, 1.807) is 10.9 Å². The molecule has 0 saturated heterocycles. The summed E-state index contributed by atoms with van der Waals surface area (Å²) in [4.78, 5) is 28.8. The van der Waals surface area contributed by atoms with Gasteiger partial charge in [0.05, 0.1) is 22.4 Å². The van der Waals surface area contributed by atoms with Crippen molar-refractivity contribution in [2.75, 3.05) is 11.1 Å². The van der Waals surface area contributed by atoms with E-state index in [2.05, 4.69) is 26.2 Å². The van der Waals surface area contributed by atoms with Crippen molar-refractivity contribution < 1.29 is 9.59 Å². The number of nitrogens with two attached hydrogens (primary N) is 1. The molecule has 1 heterocycles. The van der Waals surface area contributed by atoms with Gasteiger partial charge in [-0.3, -0.25) is 14.2 Å². The van der Waals surface area contributed by atoms with Crippen LogP contribution in [0.1, 0.15) is 42.5 Å².